The zero-order valence-electron chi connectivity index (χ0n) is 9.00. The molecule has 7 heteroatoms. The third-order valence-electron chi connectivity index (χ3n) is 2.09. The van der Waals surface area contributed by atoms with Crippen molar-refractivity contribution in [3.63, 3.8) is 0 Å². The second kappa shape index (κ2) is 5.18. The quantitative estimate of drug-likeness (QED) is 0.658. The molecule has 2 N–H and O–H groups in total. The Labute approximate surface area is 104 Å². The molecular formula is C11H8F2N2O2S. The molecule has 0 unspecified atom stereocenters. The van der Waals surface area contributed by atoms with Gasteiger partial charge in [0.2, 0.25) is 0 Å². The van der Waals surface area contributed by atoms with Crippen molar-refractivity contribution in [3.8, 4) is 0 Å². The number of halogens is 2. The Morgan fingerprint density at radius 2 is 1.72 bits per heavy atom. The standard InChI is InChI=1S/C11H8F2N2O2S/c12-7-1-6(2-8(13)3-7)5-18-9-4-14-10(16)11(17)15-9/h1-4H,5H2,(H,14,16)(H,15,17). The van der Waals surface area contributed by atoms with E-state index in [2.05, 4.69) is 9.97 Å². The molecule has 1 aromatic heterocycles. The molecule has 2 aromatic rings. The van der Waals surface area contributed by atoms with Gasteiger partial charge in [-0.05, 0) is 17.7 Å². The first-order chi connectivity index (χ1) is 8.54. The molecule has 0 aliphatic carbocycles. The lowest BCUT2D eigenvalue weighted by Gasteiger charge is -2.02. The maximum atomic E-state index is 12.9. The molecule has 0 saturated carbocycles. The fourth-order valence-electron chi connectivity index (χ4n) is 1.33. The minimum Gasteiger partial charge on any atom is -0.322 e. The zero-order chi connectivity index (χ0) is 13.1. The van der Waals surface area contributed by atoms with Crippen molar-refractivity contribution in [3.05, 3.63) is 62.3 Å². The summed E-state index contributed by atoms with van der Waals surface area (Å²) in [7, 11) is 0. The van der Waals surface area contributed by atoms with Crippen LogP contribution in [0.15, 0.2) is 39.0 Å². The Hall–Kier alpha value is -1.89. The molecule has 0 aliphatic rings. The highest BCUT2D eigenvalue weighted by Crippen LogP contribution is 2.20. The molecule has 0 bridgehead atoms. The number of rotatable bonds is 3. The van der Waals surface area contributed by atoms with Crippen molar-refractivity contribution in [1.29, 1.82) is 0 Å². The summed E-state index contributed by atoms with van der Waals surface area (Å²) >= 11 is 1.15. The Bertz CT molecular complexity index is 661. The molecule has 1 heterocycles. The third-order valence-corrected chi connectivity index (χ3v) is 3.10. The van der Waals surface area contributed by atoms with Crippen LogP contribution < -0.4 is 11.1 Å². The van der Waals surface area contributed by atoms with E-state index in [9.17, 15) is 18.4 Å². The summed E-state index contributed by atoms with van der Waals surface area (Å²) in [6.07, 6.45) is 1.34. The van der Waals surface area contributed by atoms with Gasteiger partial charge in [0.15, 0.2) is 0 Å². The van der Waals surface area contributed by atoms with E-state index in [1.54, 1.807) is 0 Å². The van der Waals surface area contributed by atoms with E-state index in [1.165, 1.54) is 18.3 Å². The van der Waals surface area contributed by atoms with Crippen LogP contribution in [0.1, 0.15) is 5.56 Å². The van der Waals surface area contributed by atoms with Gasteiger partial charge in [-0.3, -0.25) is 9.59 Å². The van der Waals surface area contributed by atoms with Crippen molar-refractivity contribution < 1.29 is 8.78 Å². The molecule has 2 rings (SSSR count). The smallest absolute Gasteiger partial charge is 0.314 e. The van der Waals surface area contributed by atoms with Crippen LogP contribution in [0.25, 0.3) is 0 Å². The fourth-order valence-corrected chi connectivity index (χ4v) is 2.13. The molecule has 0 radical (unpaired) electrons. The number of H-pyrrole nitrogens is 2. The Morgan fingerprint density at radius 3 is 2.33 bits per heavy atom. The van der Waals surface area contributed by atoms with Gasteiger partial charge in [0, 0.05) is 18.0 Å². The van der Waals surface area contributed by atoms with Crippen molar-refractivity contribution >= 4 is 11.8 Å². The minimum atomic E-state index is -0.759. The van der Waals surface area contributed by atoms with Crippen molar-refractivity contribution in [1.82, 2.24) is 9.97 Å². The summed E-state index contributed by atoms with van der Waals surface area (Å²) in [5, 5.41) is 0.421. The monoisotopic (exact) mass is 270 g/mol. The number of thioether (sulfide) groups is 1. The largest absolute Gasteiger partial charge is 0.322 e. The van der Waals surface area contributed by atoms with E-state index in [4.69, 9.17) is 0 Å². The van der Waals surface area contributed by atoms with Crippen LogP contribution in [0.3, 0.4) is 0 Å². The van der Waals surface area contributed by atoms with Gasteiger partial charge < -0.3 is 9.97 Å². The van der Waals surface area contributed by atoms with Gasteiger partial charge >= 0.3 is 11.1 Å². The van der Waals surface area contributed by atoms with Gasteiger partial charge in [-0.2, -0.15) is 0 Å². The Balaban J connectivity index is 2.13. The van der Waals surface area contributed by atoms with Crippen molar-refractivity contribution in [2.45, 2.75) is 10.8 Å². The molecule has 4 nitrogen and oxygen atoms in total. The second-order valence-corrected chi connectivity index (χ2v) is 4.52. The highest BCUT2D eigenvalue weighted by molar-refractivity contribution is 7.98. The van der Waals surface area contributed by atoms with Gasteiger partial charge in [-0.1, -0.05) is 0 Å². The lowest BCUT2D eigenvalue weighted by Crippen LogP contribution is -2.28. The molecule has 0 aliphatic heterocycles. The van der Waals surface area contributed by atoms with E-state index < -0.39 is 22.8 Å². The lowest BCUT2D eigenvalue weighted by atomic mass is 10.2. The minimum absolute atomic E-state index is 0.274. The molecule has 0 atom stereocenters. The maximum absolute atomic E-state index is 12.9. The molecule has 0 amide bonds. The molecule has 0 saturated heterocycles. The molecular weight excluding hydrogens is 262 g/mol. The number of benzene rings is 1. The predicted molar refractivity (Wildman–Crippen MR) is 63.6 cm³/mol. The van der Waals surface area contributed by atoms with E-state index in [0.717, 1.165) is 17.8 Å². The van der Waals surface area contributed by atoms with Gasteiger partial charge in [-0.15, -0.1) is 11.8 Å². The summed E-state index contributed by atoms with van der Waals surface area (Å²) < 4.78 is 25.8. The lowest BCUT2D eigenvalue weighted by molar-refractivity contribution is 0.581. The van der Waals surface area contributed by atoms with Crippen LogP contribution in [0.5, 0.6) is 0 Å². The van der Waals surface area contributed by atoms with Crippen LogP contribution in [0.4, 0.5) is 8.78 Å². The molecule has 0 fully saturated rings. The van der Waals surface area contributed by atoms with Crippen molar-refractivity contribution in [2.75, 3.05) is 0 Å². The van der Waals surface area contributed by atoms with Crippen molar-refractivity contribution in [2.24, 2.45) is 0 Å². The number of hydrogen-bond donors (Lipinski definition) is 2. The van der Waals surface area contributed by atoms with E-state index in [0.29, 0.717) is 10.6 Å². The Morgan fingerprint density at radius 1 is 1.06 bits per heavy atom. The highest BCUT2D eigenvalue weighted by atomic mass is 32.2. The first kappa shape index (κ1) is 12.6. The zero-order valence-corrected chi connectivity index (χ0v) is 9.81. The van der Waals surface area contributed by atoms with Crippen LogP contribution in [-0.4, -0.2) is 9.97 Å². The Kier molecular flexibility index (Phi) is 3.61. The molecule has 18 heavy (non-hydrogen) atoms. The number of aromatic amines is 2. The van der Waals surface area contributed by atoms with E-state index >= 15 is 0 Å². The van der Waals surface area contributed by atoms with Crippen LogP contribution >= 0.6 is 11.8 Å². The highest BCUT2D eigenvalue weighted by Gasteiger charge is 2.03. The normalized spacial score (nSPS) is 10.6. The topological polar surface area (TPSA) is 65.7 Å². The summed E-state index contributed by atoms with van der Waals surface area (Å²) in [6.45, 7) is 0. The summed E-state index contributed by atoms with van der Waals surface area (Å²) in [5.74, 6) is -1.03. The van der Waals surface area contributed by atoms with Crippen LogP contribution in [0.2, 0.25) is 0 Å². The maximum Gasteiger partial charge on any atom is 0.314 e. The van der Waals surface area contributed by atoms with Gasteiger partial charge in [0.25, 0.3) is 0 Å². The van der Waals surface area contributed by atoms with Gasteiger partial charge in [0.1, 0.15) is 11.6 Å². The summed E-state index contributed by atoms with van der Waals surface area (Å²) in [5.41, 5.74) is -1.05. The first-order valence-corrected chi connectivity index (χ1v) is 5.93. The van der Waals surface area contributed by atoms with E-state index in [1.807, 2.05) is 0 Å². The van der Waals surface area contributed by atoms with Gasteiger partial charge in [-0.25, -0.2) is 8.78 Å². The SMILES string of the molecule is O=c1[nH]cc(SCc2cc(F)cc(F)c2)[nH]c1=O. The predicted octanol–water partition coefficient (Wildman–Crippen LogP) is 1.63. The van der Waals surface area contributed by atoms with E-state index in [-0.39, 0.29) is 5.75 Å². The average Bonchev–Trinajstić information content (AvgIpc) is 2.29. The molecule has 1 aromatic carbocycles. The van der Waals surface area contributed by atoms with Crippen LogP contribution in [0, 0.1) is 11.6 Å². The number of aromatic nitrogens is 2. The number of hydrogen-bond acceptors (Lipinski definition) is 3. The summed E-state index contributed by atoms with van der Waals surface area (Å²) in [6, 6.07) is 3.20. The fraction of sp³-hybridized carbons (Fsp3) is 0.0909. The van der Waals surface area contributed by atoms with Crippen LogP contribution in [-0.2, 0) is 5.75 Å². The third kappa shape index (κ3) is 3.07. The molecule has 0 spiro atoms. The molecule has 94 valence electrons. The van der Waals surface area contributed by atoms with Gasteiger partial charge in [0.05, 0.1) is 5.03 Å². The average molecular weight is 270 g/mol. The first-order valence-electron chi connectivity index (χ1n) is 4.94. The summed E-state index contributed by atoms with van der Waals surface area (Å²) in [4.78, 5) is 26.5. The second-order valence-electron chi connectivity index (χ2n) is 3.50. The number of nitrogens with one attached hydrogen (secondary N) is 2.